The Morgan fingerprint density at radius 1 is 0.917 bits per heavy atom. The van der Waals surface area contributed by atoms with Crippen molar-refractivity contribution >= 4 is 17.8 Å². The summed E-state index contributed by atoms with van der Waals surface area (Å²) in [6.45, 7) is 17.9. The number of benzene rings is 2. The summed E-state index contributed by atoms with van der Waals surface area (Å²) in [6, 6.07) is 8.42. The molecule has 0 fully saturated rings. The zero-order chi connectivity index (χ0) is 27.5. The standard InChI is InChI=1S/C30H40O6/c1-11-35-27(33)30(8,9)36-20-13-14-21(25(32)18-20)24(31)15-12-19-16-22(28(2,3)4)26(34-10)23(17-19)29(5,6)7/h12-18,32H,11H2,1-10H3/b15-12+. The van der Waals surface area contributed by atoms with E-state index >= 15 is 0 Å². The van der Waals surface area contributed by atoms with E-state index in [1.54, 1.807) is 40.0 Å². The summed E-state index contributed by atoms with van der Waals surface area (Å²) in [7, 11) is 1.68. The van der Waals surface area contributed by atoms with Gasteiger partial charge >= 0.3 is 5.97 Å². The molecule has 196 valence electrons. The molecule has 6 heteroatoms. The van der Waals surface area contributed by atoms with Crippen LogP contribution in [0.25, 0.3) is 6.08 Å². The Kier molecular flexibility index (Phi) is 8.66. The molecule has 0 aliphatic rings. The van der Waals surface area contributed by atoms with Gasteiger partial charge in [0.15, 0.2) is 11.4 Å². The third kappa shape index (κ3) is 6.90. The van der Waals surface area contributed by atoms with Crippen LogP contribution >= 0.6 is 0 Å². The Morgan fingerprint density at radius 3 is 1.92 bits per heavy atom. The van der Waals surface area contributed by atoms with Crippen LogP contribution in [0.15, 0.2) is 36.4 Å². The molecule has 0 aliphatic heterocycles. The van der Waals surface area contributed by atoms with Crippen molar-refractivity contribution in [1.29, 1.82) is 0 Å². The van der Waals surface area contributed by atoms with E-state index in [9.17, 15) is 14.7 Å². The summed E-state index contributed by atoms with van der Waals surface area (Å²) < 4.78 is 16.5. The Bertz CT molecular complexity index is 1110. The maximum Gasteiger partial charge on any atom is 0.349 e. The molecule has 0 spiro atoms. The summed E-state index contributed by atoms with van der Waals surface area (Å²) in [5.74, 6) is 0.0103. The number of allylic oxidation sites excluding steroid dienone is 1. The number of ketones is 1. The highest BCUT2D eigenvalue weighted by molar-refractivity contribution is 6.08. The van der Waals surface area contributed by atoms with Gasteiger partial charge in [0.05, 0.1) is 19.3 Å². The van der Waals surface area contributed by atoms with Gasteiger partial charge in [0, 0.05) is 17.2 Å². The minimum atomic E-state index is -1.24. The van der Waals surface area contributed by atoms with Crippen LogP contribution in [0.5, 0.6) is 17.2 Å². The molecule has 0 aromatic heterocycles. The van der Waals surface area contributed by atoms with Crippen LogP contribution in [0.1, 0.15) is 89.4 Å². The molecule has 0 amide bonds. The highest BCUT2D eigenvalue weighted by atomic mass is 16.6. The Morgan fingerprint density at radius 2 is 1.47 bits per heavy atom. The van der Waals surface area contributed by atoms with Crippen molar-refractivity contribution in [2.24, 2.45) is 0 Å². The van der Waals surface area contributed by atoms with Gasteiger partial charge in [0.1, 0.15) is 17.2 Å². The second-order valence-corrected chi connectivity index (χ2v) is 11.4. The SMILES string of the molecule is CCOC(=O)C(C)(C)Oc1ccc(C(=O)/C=C/c2cc(C(C)(C)C)c(OC)c(C(C)(C)C)c2)c(O)c1. The maximum atomic E-state index is 12.9. The molecular formula is C30H40O6. The first-order chi connectivity index (χ1) is 16.5. The van der Waals surface area contributed by atoms with E-state index in [1.807, 2.05) is 12.1 Å². The number of carbonyl (C=O) groups is 2. The smallest absolute Gasteiger partial charge is 0.349 e. The number of aromatic hydroxyl groups is 1. The second-order valence-electron chi connectivity index (χ2n) is 11.4. The van der Waals surface area contributed by atoms with E-state index < -0.39 is 11.6 Å². The first kappa shape index (κ1) is 29.0. The molecule has 2 rings (SSSR count). The van der Waals surface area contributed by atoms with E-state index in [1.165, 1.54) is 18.2 Å². The van der Waals surface area contributed by atoms with Gasteiger partial charge in [0.25, 0.3) is 0 Å². The average molecular weight is 497 g/mol. The molecular weight excluding hydrogens is 456 g/mol. The van der Waals surface area contributed by atoms with Gasteiger partial charge in [-0.25, -0.2) is 4.79 Å². The summed E-state index contributed by atoms with van der Waals surface area (Å²) in [5, 5.41) is 10.5. The fraction of sp³-hybridized carbons (Fsp3) is 0.467. The lowest BCUT2D eigenvalue weighted by atomic mass is 9.78. The molecule has 0 heterocycles. The number of hydrogen-bond acceptors (Lipinski definition) is 6. The number of carbonyl (C=O) groups excluding carboxylic acids is 2. The van der Waals surface area contributed by atoms with E-state index in [2.05, 4.69) is 41.5 Å². The summed E-state index contributed by atoms with van der Waals surface area (Å²) in [4.78, 5) is 25.0. The van der Waals surface area contributed by atoms with Gasteiger partial charge in [-0.3, -0.25) is 4.79 Å². The van der Waals surface area contributed by atoms with Gasteiger partial charge in [-0.05, 0) is 67.5 Å². The molecule has 0 unspecified atom stereocenters. The topological polar surface area (TPSA) is 82.1 Å². The molecule has 6 nitrogen and oxygen atoms in total. The Labute approximate surface area is 215 Å². The van der Waals surface area contributed by atoms with Crippen molar-refractivity contribution < 1.29 is 28.9 Å². The van der Waals surface area contributed by atoms with Crippen LogP contribution in [0.2, 0.25) is 0 Å². The lowest BCUT2D eigenvalue weighted by Gasteiger charge is -2.29. The first-order valence-corrected chi connectivity index (χ1v) is 12.2. The molecule has 0 saturated heterocycles. The van der Waals surface area contributed by atoms with Gasteiger partial charge in [-0.1, -0.05) is 47.6 Å². The first-order valence-electron chi connectivity index (χ1n) is 12.2. The molecule has 36 heavy (non-hydrogen) atoms. The minimum Gasteiger partial charge on any atom is -0.507 e. The molecule has 0 aliphatic carbocycles. The van der Waals surface area contributed by atoms with Gasteiger partial charge < -0.3 is 19.3 Å². The molecule has 2 aromatic carbocycles. The van der Waals surface area contributed by atoms with E-state index in [0.29, 0.717) is 0 Å². The predicted molar refractivity (Wildman–Crippen MR) is 143 cm³/mol. The monoisotopic (exact) mass is 496 g/mol. The van der Waals surface area contributed by atoms with Crippen LogP contribution in [0.4, 0.5) is 0 Å². The van der Waals surface area contributed by atoms with Crippen molar-refractivity contribution in [2.45, 2.75) is 78.7 Å². The van der Waals surface area contributed by atoms with Crippen LogP contribution in [-0.4, -0.2) is 36.2 Å². The van der Waals surface area contributed by atoms with Crippen LogP contribution in [0, 0.1) is 0 Å². The zero-order valence-corrected chi connectivity index (χ0v) is 23.2. The third-order valence-corrected chi connectivity index (χ3v) is 5.73. The van der Waals surface area contributed by atoms with Crippen molar-refractivity contribution in [3.63, 3.8) is 0 Å². The Hall–Kier alpha value is -3.28. The summed E-state index contributed by atoms with van der Waals surface area (Å²) in [5.41, 5.74) is 1.55. The quantitative estimate of drug-likeness (QED) is 0.251. The van der Waals surface area contributed by atoms with Crippen molar-refractivity contribution in [3.05, 3.63) is 58.7 Å². The van der Waals surface area contributed by atoms with Crippen molar-refractivity contribution in [3.8, 4) is 17.2 Å². The number of ether oxygens (including phenoxy) is 3. The number of hydrogen-bond donors (Lipinski definition) is 1. The molecule has 0 radical (unpaired) electrons. The van der Waals surface area contributed by atoms with E-state index in [-0.39, 0.29) is 40.3 Å². The highest BCUT2D eigenvalue weighted by Crippen LogP contribution is 2.40. The number of rotatable bonds is 8. The number of esters is 1. The van der Waals surface area contributed by atoms with E-state index in [0.717, 1.165) is 22.4 Å². The van der Waals surface area contributed by atoms with Crippen molar-refractivity contribution in [1.82, 2.24) is 0 Å². The maximum absolute atomic E-state index is 12.9. The number of methoxy groups -OCH3 is 1. The van der Waals surface area contributed by atoms with E-state index in [4.69, 9.17) is 14.2 Å². The molecule has 1 N–H and O–H groups in total. The van der Waals surface area contributed by atoms with Crippen LogP contribution in [-0.2, 0) is 20.4 Å². The lowest BCUT2D eigenvalue weighted by Crippen LogP contribution is -2.39. The second kappa shape index (κ2) is 10.8. The summed E-state index contributed by atoms with van der Waals surface area (Å²) in [6.07, 6.45) is 3.19. The normalized spacial score (nSPS) is 12.5. The average Bonchev–Trinajstić information content (AvgIpc) is 2.75. The van der Waals surface area contributed by atoms with Crippen LogP contribution in [0.3, 0.4) is 0 Å². The van der Waals surface area contributed by atoms with Gasteiger partial charge in [0.2, 0.25) is 0 Å². The fourth-order valence-electron chi connectivity index (χ4n) is 3.77. The van der Waals surface area contributed by atoms with Gasteiger partial charge in [-0.15, -0.1) is 0 Å². The van der Waals surface area contributed by atoms with Crippen LogP contribution < -0.4 is 9.47 Å². The molecule has 0 saturated carbocycles. The van der Waals surface area contributed by atoms with Crippen molar-refractivity contribution in [2.75, 3.05) is 13.7 Å². The lowest BCUT2D eigenvalue weighted by molar-refractivity contribution is -0.158. The largest absolute Gasteiger partial charge is 0.507 e. The number of phenols is 1. The third-order valence-electron chi connectivity index (χ3n) is 5.73. The molecule has 0 bridgehead atoms. The molecule has 2 aromatic rings. The zero-order valence-electron chi connectivity index (χ0n) is 23.2. The summed E-state index contributed by atoms with van der Waals surface area (Å²) >= 11 is 0. The predicted octanol–water partition coefficient (Wildman–Crippen LogP) is 6.61. The Balaban J connectivity index is 2.37. The minimum absolute atomic E-state index is 0.133. The number of phenolic OH excluding ortho intramolecular Hbond substituents is 1. The highest BCUT2D eigenvalue weighted by Gasteiger charge is 2.32. The fourth-order valence-corrected chi connectivity index (χ4v) is 3.77. The van der Waals surface area contributed by atoms with Gasteiger partial charge in [-0.2, -0.15) is 0 Å². The molecule has 0 atom stereocenters.